The van der Waals surface area contributed by atoms with E-state index in [1.54, 1.807) is 24.3 Å². The van der Waals surface area contributed by atoms with Crippen LogP contribution in [0.4, 0.5) is 17.1 Å². The van der Waals surface area contributed by atoms with Crippen molar-refractivity contribution < 1.29 is 14.6 Å². The number of para-hydroxylation sites is 1. The minimum Gasteiger partial charge on any atom is -0.268 e. The summed E-state index contributed by atoms with van der Waals surface area (Å²) in [5.41, 5.74) is 0.719. The van der Waals surface area contributed by atoms with E-state index in [2.05, 4.69) is 0 Å². The van der Waals surface area contributed by atoms with Crippen molar-refractivity contribution in [2.75, 3.05) is 4.90 Å². The molecule has 10 heteroatoms. The normalized spacial score (nSPS) is 15.6. The molecule has 0 atom stereocenters. The lowest BCUT2D eigenvalue weighted by atomic mass is 10.1. The number of carbonyl (C=O) groups is 1. The number of nitrogens with zero attached hydrogens (tertiary/aromatic N) is 3. The first-order valence-electron chi connectivity index (χ1n) is 7.81. The molecule has 1 saturated heterocycles. The van der Waals surface area contributed by atoms with Crippen LogP contribution in [-0.4, -0.2) is 20.1 Å². The molecule has 0 aliphatic carbocycles. The summed E-state index contributed by atoms with van der Waals surface area (Å²) in [5, 5.41) is 21.8. The van der Waals surface area contributed by atoms with Gasteiger partial charge >= 0.3 is 0 Å². The molecule has 28 heavy (non-hydrogen) atoms. The fourth-order valence-corrected chi connectivity index (χ4v) is 3.71. The Balaban J connectivity index is 1.81. The van der Waals surface area contributed by atoms with Crippen LogP contribution >= 0.6 is 24.0 Å². The monoisotopic (exact) mass is 413 g/mol. The molecule has 1 aliphatic heterocycles. The van der Waals surface area contributed by atoms with Crippen molar-refractivity contribution in [1.29, 1.82) is 0 Å². The van der Waals surface area contributed by atoms with Gasteiger partial charge in [0.2, 0.25) is 0 Å². The van der Waals surface area contributed by atoms with Crippen LogP contribution in [0.2, 0.25) is 0 Å². The summed E-state index contributed by atoms with van der Waals surface area (Å²) < 4.78 is 0.296. The van der Waals surface area contributed by atoms with Crippen molar-refractivity contribution in [1.82, 2.24) is 0 Å². The van der Waals surface area contributed by atoms with Crippen molar-refractivity contribution in [3.05, 3.63) is 91.4 Å². The molecule has 0 N–H and O–H groups in total. The Morgan fingerprint density at radius 1 is 1.00 bits per heavy atom. The van der Waals surface area contributed by atoms with Gasteiger partial charge in [-0.15, -0.1) is 0 Å². The molecule has 0 spiro atoms. The molecule has 3 rings (SSSR count). The first-order valence-corrected chi connectivity index (χ1v) is 9.03. The van der Waals surface area contributed by atoms with Crippen LogP contribution in [0.3, 0.4) is 0 Å². The molecule has 8 nitrogen and oxygen atoms in total. The average molecular weight is 413 g/mol. The van der Waals surface area contributed by atoms with E-state index in [9.17, 15) is 25.0 Å². The van der Waals surface area contributed by atoms with Gasteiger partial charge in [0.05, 0.1) is 26.0 Å². The smallest absolute Gasteiger partial charge is 0.268 e. The fraction of sp³-hybridized carbons (Fsp3) is 0. The number of allylic oxidation sites excluding steroid dienone is 2. The van der Waals surface area contributed by atoms with Gasteiger partial charge in [0.25, 0.3) is 17.3 Å². The third-order valence-corrected chi connectivity index (χ3v) is 5.09. The van der Waals surface area contributed by atoms with Gasteiger partial charge in [-0.2, -0.15) is 0 Å². The average Bonchev–Trinajstić information content (AvgIpc) is 2.95. The number of anilines is 1. The summed E-state index contributed by atoms with van der Waals surface area (Å²) in [4.78, 5) is 35.0. The molecule has 1 amide bonds. The topological polar surface area (TPSA) is 107 Å². The van der Waals surface area contributed by atoms with E-state index >= 15 is 0 Å². The number of benzene rings is 2. The number of rotatable bonds is 5. The lowest BCUT2D eigenvalue weighted by molar-refractivity contribution is -0.385. The predicted molar refractivity (Wildman–Crippen MR) is 111 cm³/mol. The number of thiocarbonyl (C=S) groups is 1. The Morgan fingerprint density at radius 2 is 1.68 bits per heavy atom. The standard InChI is InChI=1S/C18H11N3O5S2/c22-17-16(7-3-5-12-4-1-2-6-15(12)21(25)26)28-18(27)19(17)13-8-10-14(11-9-13)20(23)24/h1-11H/b5-3+,16-7+. The molecule has 2 aromatic carbocycles. The van der Waals surface area contributed by atoms with Gasteiger partial charge in [-0.25, -0.2) is 0 Å². The maximum Gasteiger partial charge on any atom is 0.276 e. The lowest BCUT2D eigenvalue weighted by Gasteiger charge is -2.13. The summed E-state index contributed by atoms with van der Waals surface area (Å²) in [6, 6.07) is 11.8. The molecule has 1 heterocycles. The van der Waals surface area contributed by atoms with Gasteiger partial charge in [0.1, 0.15) is 0 Å². The zero-order chi connectivity index (χ0) is 20.3. The van der Waals surface area contributed by atoms with E-state index in [0.717, 1.165) is 11.8 Å². The minimum absolute atomic E-state index is 0.0365. The summed E-state index contributed by atoms with van der Waals surface area (Å²) in [5.74, 6) is -0.365. The summed E-state index contributed by atoms with van der Waals surface area (Å²) >= 11 is 6.32. The first-order chi connectivity index (χ1) is 13.4. The molecule has 0 bridgehead atoms. The number of carbonyl (C=O) groups excluding carboxylic acids is 1. The molecule has 0 saturated carbocycles. The number of hydrogen-bond donors (Lipinski definition) is 0. The Labute approximate surface area is 168 Å². The highest BCUT2D eigenvalue weighted by Gasteiger charge is 2.33. The highest BCUT2D eigenvalue weighted by molar-refractivity contribution is 8.27. The Hall–Kier alpha value is -3.37. The Morgan fingerprint density at radius 3 is 2.32 bits per heavy atom. The number of nitro benzene ring substituents is 2. The van der Waals surface area contributed by atoms with Gasteiger partial charge in [-0.1, -0.05) is 42.2 Å². The second-order valence-corrected chi connectivity index (χ2v) is 7.16. The highest BCUT2D eigenvalue weighted by Crippen LogP contribution is 2.35. The van der Waals surface area contributed by atoms with Crippen LogP contribution in [0.15, 0.2) is 65.6 Å². The first kappa shape index (κ1) is 19.4. The van der Waals surface area contributed by atoms with Crippen molar-refractivity contribution in [2.45, 2.75) is 0 Å². The quantitative estimate of drug-likeness (QED) is 0.308. The minimum atomic E-state index is -0.526. The number of thioether (sulfide) groups is 1. The Bertz CT molecular complexity index is 1050. The summed E-state index contributed by atoms with van der Waals surface area (Å²) in [6.45, 7) is 0. The predicted octanol–water partition coefficient (Wildman–Crippen LogP) is 4.47. The van der Waals surface area contributed by atoms with E-state index in [-0.39, 0.29) is 17.3 Å². The zero-order valence-electron chi connectivity index (χ0n) is 14.1. The molecule has 140 valence electrons. The third kappa shape index (κ3) is 3.97. The largest absolute Gasteiger partial charge is 0.276 e. The van der Waals surface area contributed by atoms with Crippen LogP contribution in [0.5, 0.6) is 0 Å². The van der Waals surface area contributed by atoms with Crippen LogP contribution in [0, 0.1) is 20.2 Å². The van der Waals surface area contributed by atoms with E-state index < -0.39 is 9.85 Å². The molecule has 1 fully saturated rings. The lowest BCUT2D eigenvalue weighted by Crippen LogP contribution is -2.27. The van der Waals surface area contributed by atoms with E-state index in [1.807, 2.05) is 0 Å². The SMILES string of the molecule is O=C1/C(=C\C=C\c2ccccc2[N+](=O)[O-])SC(=S)N1c1ccc([N+](=O)[O-])cc1. The number of amides is 1. The van der Waals surface area contributed by atoms with E-state index in [1.165, 1.54) is 47.4 Å². The van der Waals surface area contributed by atoms with Gasteiger partial charge < -0.3 is 0 Å². The van der Waals surface area contributed by atoms with Crippen LogP contribution < -0.4 is 4.90 Å². The van der Waals surface area contributed by atoms with Crippen LogP contribution in [0.25, 0.3) is 6.08 Å². The summed E-state index contributed by atoms with van der Waals surface area (Å²) in [7, 11) is 0. The molecular weight excluding hydrogens is 402 g/mol. The number of nitro groups is 2. The van der Waals surface area contributed by atoms with Crippen molar-refractivity contribution in [3.63, 3.8) is 0 Å². The number of non-ortho nitro benzene ring substituents is 1. The molecule has 0 radical (unpaired) electrons. The molecule has 0 aromatic heterocycles. The van der Waals surface area contributed by atoms with Crippen molar-refractivity contribution in [2.24, 2.45) is 0 Å². The molecule has 2 aromatic rings. The van der Waals surface area contributed by atoms with Gasteiger partial charge in [-0.05, 0) is 30.4 Å². The molecule has 1 aliphatic rings. The maximum atomic E-state index is 12.6. The second kappa shape index (κ2) is 8.11. The Kier molecular flexibility index (Phi) is 5.62. The van der Waals surface area contributed by atoms with E-state index in [4.69, 9.17) is 12.2 Å². The van der Waals surface area contributed by atoms with E-state index in [0.29, 0.717) is 20.5 Å². The maximum absolute atomic E-state index is 12.6. The van der Waals surface area contributed by atoms with Gasteiger partial charge in [0.15, 0.2) is 4.32 Å². The van der Waals surface area contributed by atoms with Gasteiger partial charge in [0, 0.05) is 18.2 Å². The van der Waals surface area contributed by atoms with Crippen molar-refractivity contribution >= 4 is 57.3 Å². The molecule has 0 unspecified atom stereocenters. The van der Waals surface area contributed by atoms with Crippen molar-refractivity contribution in [3.8, 4) is 0 Å². The van der Waals surface area contributed by atoms with Gasteiger partial charge in [-0.3, -0.25) is 29.9 Å². The number of hydrogen-bond acceptors (Lipinski definition) is 7. The van der Waals surface area contributed by atoms with Crippen LogP contribution in [-0.2, 0) is 4.79 Å². The highest BCUT2D eigenvalue weighted by atomic mass is 32.2. The second-order valence-electron chi connectivity index (χ2n) is 5.49. The van der Waals surface area contributed by atoms with Crippen LogP contribution in [0.1, 0.15) is 5.56 Å². The zero-order valence-corrected chi connectivity index (χ0v) is 15.7. The molecular formula is C18H11N3O5S2. The third-order valence-electron chi connectivity index (χ3n) is 3.77. The summed E-state index contributed by atoms with van der Waals surface area (Å²) in [6.07, 6.45) is 4.61. The fourth-order valence-electron chi connectivity index (χ4n) is 2.46.